The number of hydrogen-bond acceptors (Lipinski definition) is 3. The van der Waals surface area contributed by atoms with Crippen LogP contribution in [0.25, 0.3) is 0 Å². The van der Waals surface area contributed by atoms with Gasteiger partial charge in [-0.25, -0.2) is 4.98 Å². The van der Waals surface area contributed by atoms with Crippen LogP contribution in [0.3, 0.4) is 0 Å². The number of morpholine rings is 1. The molecule has 3 heteroatoms. The molecule has 15 heavy (non-hydrogen) atoms. The zero-order valence-electron chi connectivity index (χ0n) is 8.65. The van der Waals surface area contributed by atoms with Crippen molar-refractivity contribution in [1.82, 2.24) is 9.88 Å². The standard InChI is InChI=1S/C12H14N2O/c1-2-12-4-3-11(9-13-12)10-14-5-7-15-8-6-14/h1,3-4,9H,5-8,10H2. The lowest BCUT2D eigenvalue weighted by atomic mass is 10.2. The highest BCUT2D eigenvalue weighted by atomic mass is 16.5. The molecule has 0 aromatic carbocycles. The first kappa shape index (κ1) is 10.2. The summed E-state index contributed by atoms with van der Waals surface area (Å²) in [7, 11) is 0. The maximum atomic E-state index is 5.29. The van der Waals surface area contributed by atoms with Crippen LogP contribution in [0.5, 0.6) is 0 Å². The fourth-order valence-corrected chi connectivity index (χ4v) is 1.62. The quantitative estimate of drug-likeness (QED) is 0.666. The zero-order valence-corrected chi connectivity index (χ0v) is 8.65. The second-order valence-corrected chi connectivity index (χ2v) is 3.58. The fourth-order valence-electron chi connectivity index (χ4n) is 1.62. The van der Waals surface area contributed by atoms with Gasteiger partial charge in [-0.2, -0.15) is 0 Å². The predicted octanol–water partition coefficient (Wildman–Crippen LogP) is 0.895. The molecule has 0 spiro atoms. The Morgan fingerprint density at radius 2 is 2.20 bits per heavy atom. The number of ether oxygens (including phenoxy) is 1. The molecule has 1 saturated heterocycles. The van der Waals surface area contributed by atoms with Crippen molar-refractivity contribution in [2.45, 2.75) is 6.54 Å². The van der Waals surface area contributed by atoms with Crippen LogP contribution in [0.4, 0.5) is 0 Å². The van der Waals surface area contributed by atoms with E-state index < -0.39 is 0 Å². The van der Waals surface area contributed by atoms with Gasteiger partial charge in [0.15, 0.2) is 0 Å². The van der Waals surface area contributed by atoms with Crippen LogP contribution in [-0.4, -0.2) is 36.2 Å². The fraction of sp³-hybridized carbons (Fsp3) is 0.417. The third-order valence-electron chi connectivity index (χ3n) is 2.48. The van der Waals surface area contributed by atoms with Crippen LogP contribution in [0.1, 0.15) is 11.3 Å². The molecular weight excluding hydrogens is 188 g/mol. The van der Waals surface area contributed by atoms with Gasteiger partial charge in [0, 0.05) is 25.8 Å². The first-order valence-corrected chi connectivity index (χ1v) is 5.10. The second-order valence-electron chi connectivity index (χ2n) is 3.58. The van der Waals surface area contributed by atoms with E-state index in [0.717, 1.165) is 32.8 Å². The van der Waals surface area contributed by atoms with Crippen molar-refractivity contribution in [3.05, 3.63) is 29.6 Å². The first-order chi connectivity index (χ1) is 7.38. The monoisotopic (exact) mass is 202 g/mol. The number of hydrogen-bond donors (Lipinski definition) is 0. The maximum Gasteiger partial charge on any atom is 0.112 e. The van der Waals surface area contributed by atoms with Gasteiger partial charge in [0.2, 0.25) is 0 Å². The zero-order chi connectivity index (χ0) is 10.5. The van der Waals surface area contributed by atoms with Gasteiger partial charge in [-0.3, -0.25) is 4.90 Å². The topological polar surface area (TPSA) is 25.4 Å². The molecule has 78 valence electrons. The van der Waals surface area contributed by atoms with Crippen molar-refractivity contribution in [1.29, 1.82) is 0 Å². The van der Waals surface area contributed by atoms with Gasteiger partial charge in [-0.05, 0) is 11.6 Å². The molecule has 2 rings (SSSR count). The van der Waals surface area contributed by atoms with Crippen molar-refractivity contribution < 1.29 is 4.74 Å². The van der Waals surface area contributed by atoms with Gasteiger partial charge >= 0.3 is 0 Å². The molecule has 0 atom stereocenters. The lowest BCUT2D eigenvalue weighted by Gasteiger charge is -2.26. The smallest absolute Gasteiger partial charge is 0.112 e. The van der Waals surface area contributed by atoms with Gasteiger partial charge in [0.1, 0.15) is 5.69 Å². The normalized spacial score (nSPS) is 17.3. The molecule has 1 aliphatic heterocycles. The summed E-state index contributed by atoms with van der Waals surface area (Å²) in [6.07, 6.45) is 7.10. The number of nitrogens with zero attached hydrogens (tertiary/aromatic N) is 2. The van der Waals surface area contributed by atoms with E-state index in [2.05, 4.69) is 15.8 Å². The Kier molecular flexibility index (Phi) is 3.33. The third kappa shape index (κ3) is 2.79. The summed E-state index contributed by atoms with van der Waals surface area (Å²) < 4.78 is 5.29. The van der Waals surface area contributed by atoms with Crippen molar-refractivity contribution in [2.24, 2.45) is 0 Å². The Balaban J connectivity index is 1.95. The SMILES string of the molecule is C#Cc1ccc(CN2CCOCC2)cn1. The van der Waals surface area contributed by atoms with Crippen molar-refractivity contribution >= 4 is 0 Å². The highest BCUT2D eigenvalue weighted by molar-refractivity contribution is 5.26. The predicted molar refractivity (Wildman–Crippen MR) is 58.3 cm³/mol. The lowest BCUT2D eigenvalue weighted by molar-refractivity contribution is 0.0341. The van der Waals surface area contributed by atoms with E-state index in [1.807, 2.05) is 18.3 Å². The van der Waals surface area contributed by atoms with Crippen LogP contribution in [0.2, 0.25) is 0 Å². The first-order valence-electron chi connectivity index (χ1n) is 5.10. The minimum atomic E-state index is 0.695. The lowest BCUT2D eigenvalue weighted by Crippen LogP contribution is -2.35. The Hall–Kier alpha value is -1.37. The van der Waals surface area contributed by atoms with Crippen molar-refractivity contribution in [3.8, 4) is 12.3 Å². The Morgan fingerprint density at radius 3 is 2.80 bits per heavy atom. The molecule has 0 bridgehead atoms. The summed E-state index contributed by atoms with van der Waals surface area (Å²) in [6, 6.07) is 3.92. The summed E-state index contributed by atoms with van der Waals surface area (Å²) >= 11 is 0. The largest absolute Gasteiger partial charge is 0.379 e. The molecule has 0 unspecified atom stereocenters. The molecule has 1 aromatic heterocycles. The summed E-state index contributed by atoms with van der Waals surface area (Å²) in [6.45, 7) is 4.58. The molecule has 0 amide bonds. The average Bonchev–Trinajstić information content (AvgIpc) is 2.31. The molecule has 0 aliphatic carbocycles. The molecular formula is C12H14N2O. The highest BCUT2D eigenvalue weighted by Crippen LogP contribution is 2.06. The summed E-state index contributed by atoms with van der Waals surface area (Å²) in [4.78, 5) is 6.53. The minimum Gasteiger partial charge on any atom is -0.379 e. The molecule has 0 N–H and O–H groups in total. The van der Waals surface area contributed by atoms with Crippen molar-refractivity contribution in [3.63, 3.8) is 0 Å². The van der Waals surface area contributed by atoms with E-state index in [4.69, 9.17) is 11.2 Å². The van der Waals surface area contributed by atoms with E-state index in [1.165, 1.54) is 5.56 Å². The second kappa shape index (κ2) is 4.92. The molecule has 1 aromatic rings. The molecule has 0 saturated carbocycles. The van der Waals surface area contributed by atoms with E-state index >= 15 is 0 Å². The van der Waals surface area contributed by atoms with Gasteiger partial charge < -0.3 is 4.74 Å². The van der Waals surface area contributed by atoms with Crippen LogP contribution in [0.15, 0.2) is 18.3 Å². The highest BCUT2D eigenvalue weighted by Gasteiger charge is 2.10. The van der Waals surface area contributed by atoms with Gasteiger partial charge in [-0.15, -0.1) is 6.42 Å². The molecule has 1 fully saturated rings. The number of rotatable bonds is 2. The van der Waals surface area contributed by atoms with E-state index in [-0.39, 0.29) is 0 Å². The Bertz CT molecular complexity index is 347. The molecule has 1 aliphatic rings. The van der Waals surface area contributed by atoms with Crippen LogP contribution < -0.4 is 0 Å². The average molecular weight is 202 g/mol. The summed E-state index contributed by atoms with van der Waals surface area (Å²) in [5.74, 6) is 2.51. The maximum absolute atomic E-state index is 5.29. The van der Waals surface area contributed by atoms with Crippen LogP contribution in [0, 0.1) is 12.3 Å². The van der Waals surface area contributed by atoms with E-state index in [0.29, 0.717) is 5.69 Å². The summed E-state index contributed by atoms with van der Waals surface area (Å²) in [5.41, 5.74) is 1.90. The number of terminal acetylenes is 1. The van der Waals surface area contributed by atoms with E-state index in [9.17, 15) is 0 Å². The van der Waals surface area contributed by atoms with Crippen LogP contribution in [-0.2, 0) is 11.3 Å². The van der Waals surface area contributed by atoms with E-state index in [1.54, 1.807) is 0 Å². The Morgan fingerprint density at radius 1 is 1.40 bits per heavy atom. The van der Waals surface area contributed by atoms with Crippen LogP contribution >= 0.6 is 0 Å². The molecule has 3 nitrogen and oxygen atoms in total. The van der Waals surface area contributed by atoms with Gasteiger partial charge in [0.25, 0.3) is 0 Å². The van der Waals surface area contributed by atoms with Gasteiger partial charge in [-0.1, -0.05) is 12.0 Å². The number of pyridine rings is 1. The molecule has 2 heterocycles. The Labute approximate surface area is 90.1 Å². The number of aromatic nitrogens is 1. The minimum absolute atomic E-state index is 0.695. The van der Waals surface area contributed by atoms with Crippen molar-refractivity contribution in [2.75, 3.05) is 26.3 Å². The van der Waals surface area contributed by atoms with Gasteiger partial charge in [0.05, 0.1) is 13.2 Å². The third-order valence-corrected chi connectivity index (χ3v) is 2.48. The molecule has 0 radical (unpaired) electrons. The summed E-state index contributed by atoms with van der Waals surface area (Å²) in [5, 5.41) is 0.